The van der Waals surface area contributed by atoms with Crippen molar-refractivity contribution in [2.24, 2.45) is 17.4 Å². The summed E-state index contributed by atoms with van der Waals surface area (Å²) in [5.74, 6) is -0.465. The molecule has 0 saturated heterocycles. The first-order chi connectivity index (χ1) is 9.34. The quantitative estimate of drug-likeness (QED) is 0.544. The van der Waals surface area contributed by atoms with E-state index < -0.39 is 6.04 Å². The monoisotopic (exact) mass is 284 g/mol. The molecule has 1 fully saturated rings. The predicted molar refractivity (Wildman–Crippen MR) is 78.8 cm³/mol. The van der Waals surface area contributed by atoms with Crippen LogP contribution in [0.5, 0.6) is 0 Å². The fourth-order valence-electron chi connectivity index (χ4n) is 2.36. The van der Waals surface area contributed by atoms with Gasteiger partial charge in [-0.2, -0.15) is 0 Å². The minimum absolute atomic E-state index is 0.0463. The molecule has 0 bridgehead atoms. The fraction of sp³-hybridized carbons (Fsp3) is 0.857. The van der Waals surface area contributed by atoms with E-state index in [1.165, 1.54) is 6.42 Å². The van der Waals surface area contributed by atoms with Crippen molar-refractivity contribution in [3.05, 3.63) is 0 Å². The summed E-state index contributed by atoms with van der Waals surface area (Å²) in [5.41, 5.74) is 11.6. The minimum atomic E-state index is -0.581. The number of hydrogen-bond donors (Lipinski definition) is 4. The molecule has 1 atom stereocenters. The van der Waals surface area contributed by atoms with Crippen LogP contribution in [0.2, 0.25) is 0 Å². The third-order valence-corrected chi connectivity index (χ3v) is 3.93. The largest absolute Gasteiger partial charge is 0.353 e. The van der Waals surface area contributed by atoms with Gasteiger partial charge in [-0.1, -0.05) is 33.1 Å². The van der Waals surface area contributed by atoms with Crippen molar-refractivity contribution in [2.75, 3.05) is 13.1 Å². The number of carbonyl (C=O) groups is 2. The normalized spacial score (nSPS) is 19.4. The molecule has 6 heteroatoms. The summed E-state index contributed by atoms with van der Waals surface area (Å²) >= 11 is 0. The average molecular weight is 284 g/mol. The Hall–Kier alpha value is -1.14. The van der Waals surface area contributed by atoms with E-state index in [2.05, 4.69) is 10.6 Å². The molecule has 0 aromatic carbocycles. The summed E-state index contributed by atoms with van der Waals surface area (Å²) in [5, 5.41) is 5.34. The minimum Gasteiger partial charge on any atom is -0.353 e. The number of nitrogens with one attached hydrogen (secondary N) is 2. The van der Waals surface area contributed by atoms with Crippen LogP contribution in [0, 0.1) is 5.92 Å². The molecule has 0 aromatic heterocycles. The third-order valence-electron chi connectivity index (χ3n) is 3.93. The first-order valence-electron chi connectivity index (χ1n) is 7.43. The van der Waals surface area contributed by atoms with Crippen LogP contribution in [0.1, 0.15) is 46.0 Å². The Labute approximate surface area is 121 Å². The molecule has 116 valence electrons. The standard InChI is InChI=1S/C14H28N4O2/c1-10(2)12(15)13(20)17-8-11(19)18-9-14(16)6-4-3-5-7-14/h10,12H,3-9,15-16H2,1-2H3,(H,17,20)(H,18,19)/t12-/m0/s1. The highest BCUT2D eigenvalue weighted by atomic mass is 16.2. The van der Waals surface area contributed by atoms with E-state index in [1.54, 1.807) is 0 Å². The number of carbonyl (C=O) groups excluding carboxylic acids is 2. The Morgan fingerprint density at radius 2 is 1.75 bits per heavy atom. The zero-order valence-corrected chi connectivity index (χ0v) is 12.6. The van der Waals surface area contributed by atoms with Crippen LogP contribution < -0.4 is 22.1 Å². The summed E-state index contributed by atoms with van der Waals surface area (Å²) in [6.07, 6.45) is 5.34. The zero-order valence-electron chi connectivity index (χ0n) is 12.6. The molecule has 1 rings (SSSR count). The van der Waals surface area contributed by atoms with E-state index in [4.69, 9.17) is 11.5 Å². The van der Waals surface area contributed by atoms with Gasteiger partial charge in [0.15, 0.2) is 0 Å². The lowest BCUT2D eigenvalue weighted by Gasteiger charge is -2.33. The molecular formula is C14H28N4O2. The molecule has 20 heavy (non-hydrogen) atoms. The highest BCUT2D eigenvalue weighted by Crippen LogP contribution is 2.24. The molecule has 0 aliphatic heterocycles. The van der Waals surface area contributed by atoms with Crippen molar-refractivity contribution >= 4 is 11.8 Å². The molecule has 0 heterocycles. The molecular weight excluding hydrogens is 256 g/mol. The van der Waals surface area contributed by atoms with E-state index in [-0.39, 0.29) is 29.8 Å². The topological polar surface area (TPSA) is 110 Å². The molecule has 1 aliphatic rings. The second kappa shape index (κ2) is 7.59. The number of nitrogens with two attached hydrogens (primary N) is 2. The van der Waals surface area contributed by atoms with Gasteiger partial charge in [-0.15, -0.1) is 0 Å². The molecule has 0 spiro atoms. The summed E-state index contributed by atoms with van der Waals surface area (Å²) in [6.45, 7) is 4.16. The fourth-order valence-corrected chi connectivity index (χ4v) is 2.36. The first kappa shape index (κ1) is 16.9. The smallest absolute Gasteiger partial charge is 0.239 e. The van der Waals surface area contributed by atoms with Crippen molar-refractivity contribution in [3.8, 4) is 0 Å². The maximum atomic E-state index is 11.7. The molecule has 0 aromatic rings. The highest BCUT2D eigenvalue weighted by molar-refractivity contribution is 5.87. The molecule has 2 amide bonds. The molecule has 6 nitrogen and oxygen atoms in total. The Morgan fingerprint density at radius 1 is 1.15 bits per heavy atom. The van der Waals surface area contributed by atoms with Gasteiger partial charge in [0.05, 0.1) is 12.6 Å². The van der Waals surface area contributed by atoms with E-state index in [9.17, 15) is 9.59 Å². The SMILES string of the molecule is CC(C)[C@H](N)C(=O)NCC(=O)NCC1(N)CCCCC1. The van der Waals surface area contributed by atoms with Crippen LogP contribution >= 0.6 is 0 Å². The maximum absolute atomic E-state index is 11.7. The second-order valence-corrected chi connectivity index (χ2v) is 6.19. The van der Waals surface area contributed by atoms with E-state index >= 15 is 0 Å². The number of amides is 2. The Bertz CT molecular complexity index is 338. The Morgan fingerprint density at radius 3 is 2.30 bits per heavy atom. The Balaban J connectivity index is 2.25. The van der Waals surface area contributed by atoms with Gasteiger partial charge >= 0.3 is 0 Å². The molecule has 0 unspecified atom stereocenters. The van der Waals surface area contributed by atoms with Gasteiger partial charge in [-0.3, -0.25) is 9.59 Å². The zero-order chi connectivity index (χ0) is 15.2. The first-order valence-corrected chi connectivity index (χ1v) is 7.43. The molecule has 1 saturated carbocycles. The van der Waals surface area contributed by atoms with Gasteiger partial charge < -0.3 is 22.1 Å². The summed E-state index contributed by atoms with van der Waals surface area (Å²) < 4.78 is 0. The van der Waals surface area contributed by atoms with Crippen LogP contribution in [0.15, 0.2) is 0 Å². The highest BCUT2D eigenvalue weighted by Gasteiger charge is 2.27. The van der Waals surface area contributed by atoms with Gasteiger partial charge in [0, 0.05) is 12.1 Å². The van der Waals surface area contributed by atoms with Crippen molar-refractivity contribution in [3.63, 3.8) is 0 Å². The van der Waals surface area contributed by atoms with Gasteiger partial charge in [0.1, 0.15) is 0 Å². The number of hydrogen-bond acceptors (Lipinski definition) is 4. The van der Waals surface area contributed by atoms with Crippen LogP contribution in [-0.4, -0.2) is 36.5 Å². The van der Waals surface area contributed by atoms with Crippen molar-refractivity contribution in [2.45, 2.75) is 57.5 Å². The van der Waals surface area contributed by atoms with Gasteiger partial charge in [-0.05, 0) is 18.8 Å². The molecule has 1 aliphatic carbocycles. The lowest BCUT2D eigenvalue weighted by atomic mass is 9.82. The van der Waals surface area contributed by atoms with Crippen molar-refractivity contribution in [1.29, 1.82) is 0 Å². The van der Waals surface area contributed by atoms with E-state index in [0.29, 0.717) is 6.54 Å². The van der Waals surface area contributed by atoms with Crippen molar-refractivity contribution < 1.29 is 9.59 Å². The van der Waals surface area contributed by atoms with E-state index in [1.807, 2.05) is 13.8 Å². The van der Waals surface area contributed by atoms with Crippen molar-refractivity contribution in [1.82, 2.24) is 10.6 Å². The predicted octanol–water partition coefficient (Wildman–Crippen LogP) is -0.136. The Kier molecular flexibility index (Phi) is 6.42. The summed E-state index contributed by atoms with van der Waals surface area (Å²) in [6, 6.07) is -0.581. The lowest BCUT2D eigenvalue weighted by Crippen LogP contribution is -2.53. The maximum Gasteiger partial charge on any atom is 0.239 e. The third kappa shape index (κ3) is 5.46. The summed E-state index contributed by atoms with van der Waals surface area (Å²) in [4.78, 5) is 23.3. The summed E-state index contributed by atoms with van der Waals surface area (Å²) in [7, 11) is 0. The lowest BCUT2D eigenvalue weighted by molar-refractivity contribution is -0.127. The van der Waals surface area contributed by atoms with Gasteiger partial charge in [0.25, 0.3) is 0 Å². The number of rotatable bonds is 6. The molecule has 0 radical (unpaired) electrons. The second-order valence-electron chi connectivity index (χ2n) is 6.19. The van der Waals surface area contributed by atoms with E-state index in [0.717, 1.165) is 25.7 Å². The van der Waals surface area contributed by atoms with Crippen LogP contribution in [-0.2, 0) is 9.59 Å². The van der Waals surface area contributed by atoms with Crippen LogP contribution in [0.4, 0.5) is 0 Å². The van der Waals surface area contributed by atoms with Crippen LogP contribution in [0.25, 0.3) is 0 Å². The van der Waals surface area contributed by atoms with Gasteiger partial charge in [0.2, 0.25) is 11.8 Å². The van der Waals surface area contributed by atoms with Crippen LogP contribution in [0.3, 0.4) is 0 Å². The average Bonchev–Trinajstić information content (AvgIpc) is 2.42. The molecule has 6 N–H and O–H groups in total. The van der Waals surface area contributed by atoms with Gasteiger partial charge in [-0.25, -0.2) is 0 Å².